The van der Waals surface area contributed by atoms with E-state index in [-0.39, 0.29) is 0 Å². The number of benzene rings is 10. The minimum absolute atomic E-state index is 0.512. The van der Waals surface area contributed by atoms with Crippen LogP contribution in [0.1, 0.15) is 22.3 Å². The van der Waals surface area contributed by atoms with Crippen LogP contribution < -0.4 is 0 Å². The molecule has 68 heavy (non-hydrogen) atoms. The predicted octanol–water partition coefficient (Wildman–Crippen LogP) is 16.9. The minimum atomic E-state index is -0.512. The molecule has 14 rings (SSSR count). The zero-order chi connectivity index (χ0) is 44.8. The maximum absolute atomic E-state index is 5.31. The maximum atomic E-state index is 5.31. The normalized spacial score (nSPS) is 12.8. The molecule has 2 aliphatic carbocycles. The lowest BCUT2D eigenvalue weighted by Gasteiger charge is -2.31. The Bertz CT molecular complexity index is 3810. The molecule has 0 aliphatic heterocycles. The van der Waals surface area contributed by atoms with Gasteiger partial charge in [0.2, 0.25) is 0 Å². The van der Waals surface area contributed by atoms with Crippen LogP contribution in [0.2, 0.25) is 0 Å². The Morgan fingerprint density at radius 3 is 1.32 bits per heavy atom. The molecule has 0 bridgehead atoms. The molecule has 2 heteroatoms. The number of rotatable bonds is 6. The van der Waals surface area contributed by atoms with Gasteiger partial charge in [-0.25, -0.2) is 4.98 Å². The SMILES string of the molecule is c1ccc(-c2cc(-c3ccccc3)nc(-c3cccc(-c4ccc5c(c4)C4(c6ccccc6-c6ccccc64)c4cc(-c6cccc(-n7c8ccccc8c8ccccc87)c6)ccc4-5)c3)c2)cc1. The molecule has 0 unspecified atom stereocenters. The zero-order valence-electron chi connectivity index (χ0n) is 37.1. The number of para-hydroxylation sites is 2. The van der Waals surface area contributed by atoms with Gasteiger partial charge in [0.15, 0.2) is 0 Å². The quantitative estimate of drug-likeness (QED) is 0.163. The molecule has 2 aliphatic rings. The second kappa shape index (κ2) is 15.1. The van der Waals surface area contributed by atoms with Gasteiger partial charge in [0.05, 0.1) is 27.8 Å². The molecule has 2 nitrogen and oxygen atoms in total. The summed E-state index contributed by atoms with van der Waals surface area (Å²) in [5.74, 6) is 0. The third kappa shape index (κ3) is 5.74. The molecule has 0 saturated carbocycles. The van der Waals surface area contributed by atoms with Crippen molar-refractivity contribution in [2.75, 3.05) is 0 Å². The number of pyridine rings is 1. The molecule has 12 aromatic rings. The summed E-state index contributed by atoms with van der Waals surface area (Å²) in [6.45, 7) is 0. The van der Waals surface area contributed by atoms with Gasteiger partial charge < -0.3 is 4.57 Å². The smallest absolute Gasteiger partial charge is 0.0725 e. The molecule has 0 atom stereocenters. The van der Waals surface area contributed by atoms with Gasteiger partial charge in [-0.15, -0.1) is 0 Å². The van der Waals surface area contributed by atoms with Crippen LogP contribution in [0.15, 0.2) is 255 Å². The van der Waals surface area contributed by atoms with Gasteiger partial charge in [0.1, 0.15) is 0 Å². The van der Waals surface area contributed by atoms with Crippen LogP contribution in [-0.2, 0) is 5.41 Å². The summed E-state index contributed by atoms with van der Waals surface area (Å²) in [4.78, 5) is 5.31. The van der Waals surface area contributed by atoms with Gasteiger partial charge in [-0.3, -0.25) is 0 Å². The van der Waals surface area contributed by atoms with Gasteiger partial charge in [-0.2, -0.15) is 0 Å². The largest absolute Gasteiger partial charge is 0.309 e. The van der Waals surface area contributed by atoms with Crippen molar-refractivity contribution in [3.8, 4) is 83.8 Å². The van der Waals surface area contributed by atoms with Gasteiger partial charge in [-0.05, 0) is 132 Å². The standard InChI is InChI=1S/C66H42N2/c1-3-17-43(18-4-1)50-41-62(44-19-5-2-6-20-44)67-63(42-50)49-23-15-21-45(37-49)47-33-35-54-55-36-34-48(40-61(55)66(60(54)39-47)58-29-11-7-25-52(58)53-26-8-12-30-59(53)66)46-22-16-24-51(38-46)68-64-31-13-9-27-56(64)57-28-10-14-32-65(57)68/h1-42H. The molecule has 2 heterocycles. The average molecular weight is 863 g/mol. The first-order valence-electron chi connectivity index (χ1n) is 23.5. The zero-order valence-corrected chi connectivity index (χ0v) is 37.1. The van der Waals surface area contributed by atoms with E-state index < -0.39 is 5.41 Å². The predicted molar refractivity (Wildman–Crippen MR) is 282 cm³/mol. The van der Waals surface area contributed by atoms with Crippen LogP contribution in [0.25, 0.3) is 106 Å². The maximum Gasteiger partial charge on any atom is 0.0725 e. The molecule has 1 spiro atoms. The number of aromatic nitrogens is 2. The van der Waals surface area contributed by atoms with E-state index in [1.165, 1.54) is 88.6 Å². The Labute approximate surface area is 395 Å². The van der Waals surface area contributed by atoms with Gasteiger partial charge >= 0.3 is 0 Å². The van der Waals surface area contributed by atoms with Gasteiger partial charge in [0, 0.05) is 27.6 Å². The molecule has 0 radical (unpaired) electrons. The van der Waals surface area contributed by atoms with Crippen LogP contribution >= 0.6 is 0 Å². The fraction of sp³-hybridized carbons (Fsp3) is 0.0152. The third-order valence-electron chi connectivity index (χ3n) is 14.6. The fourth-order valence-electron chi connectivity index (χ4n) is 11.6. The lowest BCUT2D eigenvalue weighted by molar-refractivity contribution is 0.794. The molecular weight excluding hydrogens is 821 g/mol. The second-order valence-electron chi connectivity index (χ2n) is 18.2. The number of hydrogen-bond donors (Lipinski definition) is 0. The monoisotopic (exact) mass is 862 g/mol. The van der Waals surface area contributed by atoms with Crippen LogP contribution in [-0.4, -0.2) is 9.55 Å². The first kappa shape index (κ1) is 38.4. The fourth-order valence-corrected chi connectivity index (χ4v) is 11.6. The first-order valence-corrected chi connectivity index (χ1v) is 23.5. The highest BCUT2D eigenvalue weighted by Crippen LogP contribution is 2.63. The molecule has 10 aromatic carbocycles. The molecule has 0 fully saturated rings. The minimum Gasteiger partial charge on any atom is -0.309 e. The van der Waals surface area contributed by atoms with Crippen LogP contribution in [0.3, 0.4) is 0 Å². The Morgan fingerprint density at radius 2 is 0.706 bits per heavy atom. The Hall–Kier alpha value is -8.85. The molecule has 0 N–H and O–H groups in total. The molecule has 2 aromatic heterocycles. The van der Waals surface area contributed by atoms with Crippen molar-refractivity contribution in [1.82, 2.24) is 9.55 Å². The second-order valence-corrected chi connectivity index (χ2v) is 18.2. The summed E-state index contributed by atoms with van der Waals surface area (Å²) in [6, 6.07) is 93.7. The first-order chi connectivity index (χ1) is 33.7. The van der Waals surface area contributed by atoms with E-state index in [1.807, 2.05) is 0 Å². The molecule has 316 valence electrons. The average Bonchev–Trinajstić information content (AvgIpc) is 4.03. The van der Waals surface area contributed by atoms with Gasteiger partial charge in [0.25, 0.3) is 0 Å². The summed E-state index contributed by atoms with van der Waals surface area (Å²) in [5.41, 5.74) is 24.7. The van der Waals surface area contributed by atoms with E-state index in [0.717, 1.165) is 39.3 Å². The highest BCUT2D eigenvalue weighted by molar-refractivity contribution is 6.09. The van der Waals surface area contributed by atoms with Crippen molar-refractivity contribution in [2.45, 2.75) is 5.41 Å². The summed E-state index contributed by atoms with van der Waals surface area (Å²) in [6.07, 6.45) is 0. The molecular formula is C66H42N2. The van der Waals surface area contributed by atoms with Crippen molar-refractivity contribution >= 4 is 21.8 Å². The highest BCUT2D eigenvalue weighted by atomic mass is 15.0. The Kier molecular flexibility index (Phi) is 8.53. The van der Waals surface area contributed by atoms with Crippen molar-refractivity contribution < 1.29 is 0 Å². The van der Waals surface area contributed by atoms with Crippen molar-refractivity contribution in [2.24, 2.45) is 0 Å². The van der Waals surface area contributed by atoms with E-state index in [4.69, 9.17) is 4.98 Å². The summed E-state index contributed by atoms with van der Waals surface area (Å²) >= 11 is 0. The number of nitrogens with zero attached hydrogens (tertiary/aromatic N) is 2. The van der Waals surface area contributed by atoms with Crippen LogP contribution in [0.4, 0.5) is 0 Å². The van der Waals surface area contributed by atoms with Crippen molar-refractivity contribution in [1.29, 1.82) is 0 Å². The molecule has 0 saturated heterocycles. The van der Waals surface area contributed by atoms with Gasteiger partial charge in [-0.1, -0.05) is 200 Å². The van der Waals surface area contributed by atoms with E-state index in [2.05, 4.69) is 259 Å². The lowest BCUT2D eigenvalue weighted by Crippen LogP contribution is -2.26. The Balaban J connectivity index is 0.931. The Morgan fingerprint density at radius 1 is 0.265 bits per heavy atom. The van der Waals surface area contributed by atoms with E-state index in [0.29, 0.717) is 0 Å². The lowest BCUT2D eigenvalue weighted by atomic mass is 9.70. The van der Waals surface area contributed by atoms with Crippen LogP contribution in [0.5, 0.6) is 0 Å². The van der Waals surface area contributed by atoms with E-state index >= 15 is 0 Å². The highest BCUT2D eigenvalue weighted by Gasteiger charge is 2.51. The third-order valence-corrected chi connectivity index (χ3v) is 14.6. The van der Waals surface area contributed by atoms with Crippen LogP contribution in [0, 0.1) is 0 Å². The van der Waals surface area contributed by atoms with E-state index in [1.54, 1.807) is 0 Å². The van der Waals surface area contributed by atoms with Crippen molar-refractivity contribution in [3.05, 3.63) is 277 Å². The summed E-state index contributed by atoms with van der Waals surface area (Å²) < 4.78 is 2.41. The van der Waals surface area contributed by atoms with E-state index in [9.17, 15) is 0 Å². The number of hydrogen-bond acceptors (Lipinski definition) is 1. The summed E-state index contributed by atoms with van der Waals surface area (Å²) in [7, 11) is 0. The van der Waals surface area contributed by atoms with Crippen molar-refractivity contribution in [3.63, 3.8) is 0 Å². The topological polar surface area (TPSA) is 17.8 Å². The number of fused-ring (bicyclic) bond motifs is 13. The summed E-state index contributed by atoms with van der Waals surface area (Å²) in [5, 5.41) is 2.53. The molecule has 0 amide bonds.